The summed E-state index contributed by atoms with van der Waals surface area (Å²) in [6.07, 6.45) is 3.58. The van der Waals surface area contributed by atoms with Gasteiger partial charge in [-0.3, -0.25) is 4.98 Å². The summed E-state index contributed by atoms with van der Waals surface area (Å²) in [5.74, 6) is 0.774. The molecule has 2 N–H and O–H groups in total. The molecule has 0 spiro atoms. The monoisotopic (exact) mass is 422 g/mol. The van der Waals surface area contributed by atoms with Crippen molar-refractivity contribution in [2.45, 2.75) is 19.7 Å². The van der Waals surface area contributed by atoms with E-state index in [1.54, 1.807) is 31.6 Å². The topological polar surface area (TPSA) is 48.0 Å². The minimum Gasteiger partial charge on any atom is -1.00 e. The summed E-state index contributed by atoms with van der Waals surface area (Å²) < 4.78 is 25.0. The Morgan fingerprint density at radius 3 is 2.46 bits per heavy atom. The second-order valence-electron chi connectivity index (χ2n) is 6.03. The van der Waals surface area contributed by atoms with Gasteiger partial charge in [0, 0.05) is 29.1 Å². The average Bonchev–Trinajstić information content (AvgIpc) is 2.69. The Morgan fingerprint density at radius 1 is 1.00 bits per heavy atom. The van der Waals surface area contributed by atoms with Gasteiger partial charge < -0.3 is 27.2 Å². The number of nitrogens with two attached hydrogens (primary N) is 1. The number of pyridine rings is 1. The number of ether oxygens (including phenoxy) is 2. The number of halogens is 3. The number of nitrogens with zero attached hydrogens (tertiary/aromatic N) is 1. The van der Waals surface area contributed by atoms with Crippen molar-refractivity contribution in [2.24, 2.45) is 0 Å². The molecule has 1 heterocycles. The molecule has 0 unspecified atom stereocenters. The van der Waals surface area contributed by atoms with Gasteiger partial charge in [-0.1, -0.05) is 17.7 Å². The molecule has 0 aliphatic rings. The van der Waals surface area contributed by atoms with E-state index in [0.717, 1.165) is 18.7 Å². The highest BCUT2D eigenvalue weighted by molar-refractivity contribution is 6.31. The molecule has 4 nitrogen and oxygen atoms in total. The molecule has 0 aliphatic carbocycles. The van der Waals surface area contributed by atoms with Gasteiger partial charge in [-0.2, -0.15) is 0 Å². The fraction of sp³-hybridized carbons (Fsp3) is 0.190. The fourth-order valence-electron chi connectivity index (χ4n) is 2.70. The molecule has 0 aliphatic heterocycles. The maximum absolute atomic E-state index is 13.9. The molecular formula is C21H21Cl2FN2O2. The van der Waals surface area contributed by atoms with Gasteiger partial charge in [0.1, 0.15) is 25.5 Å². The standard InChI is InChI=1S/C21H20ClFN2O2.ClH/c1-26-21-11-16(13-25-12-15-7-9-24-10-8-15)5-6-20(21)27-14-17-18(22)3-2-4-19(17)23;/h2-11,25H,12-14H2,1H3;1H. The molecule has 0 saturated heterocycles. The van der Waals surface area contributed by atoms with E-state index in [0.29, 0.717) is 22.1 Å². The number of aromatic nitrogens is 1. The van der Waals surface area contributed by atoms with Crippen LogP contribution < -0.4 is 27.2 Å². The van der Waals surface area contributed by atoms with Crippen LogP contribution in [0.1, 0.15) is 16.7 Å². The zero-order valence-corrected chi connectivity index (χ0v) is 16.9. The quantitative estimate of drug-likeness (QED) is 0.582. The van der Waals surface area contributed by atoms with Crippen LogP contribution >= 0.6 is 11.6 Å². The van der Waals surface area contributed by atoms with E-state index in [4.69, 9.17) is 21.1 Å². The Labute approximate surface area is 175 Å². The van der Waals surface area contributed by atoms with E-state index in [1.165, 1.54) is 11.6 Å². The fourth-order valence-corrected chi connectivity index (χ4v) is 2.92. The van der Waals surface area contributed by atoms with Gasteiger partial charge in [0.2, 0.25) is 0 Å². The third kappa shape index (κ3) is 5.83. The van der Waals surface area contributed by atoms with Crippen LogP contribution in [0.4, 0.5) is 4.39 Å². The second-order valence-corrected chi connectivity index (χ2v) is 6.43. The summed E-state index contributed by atoms with van der Waals surface area (Å²) in [5.41, 5.74) is 2.66. The van der Waals surface area contributed by atoms with Crippen molar-refractivity contribution < 1.29 is 31.6 Å². The van der Waals surface area contributed by atoms with Crippen LogP contribution in [-0.4, -0.2) is 12.1 Å². The first kappa shape index (κ1) is 22.0. The van der Waals surface area contributed by atoms with Crippen molar-refractivity contribution in [3.63, 3.8) is 0 Å². The van der Waals surface area contributed by atoms with Crippen LogP contribution in [0.3, 0.4) is 0 Å². The first-order valence-electron chi connectivity index (χ1n) is 8.60. The van der Waals surface area contributed by atoms with Crippen molar-refractivity contribution in [2.75, 3.05) is 7.11 Å². The summed E-state index contributed by atoms with van der Waals surface area (Å²) in [6, 6.07) is 14.3. The van der Waals surface area contributed by atoms with Crippen LogP contribution in [0.2, 0.25) is 5.02 Å². The lowest BCUT2D eigenvalue weighted by molar-refractivity contribution is -0.686. The number of hydrogen-bond acceptors (Lipinski definition) is 3. The molecule has 2 aromatic carbocycles. The molecule has 7 heteroatoms. The Bertz CT molecular complexity index is 875. The summed E-state index contributed by atoms with van der Waals surface area (Å²) in [5, 5.41) is 2.54. The van der Waals surface area contributed by atoms with Crippen LogP contribution in [0.25, 0.3) is 0 Å². The van der Waals surface area contributed by atoms with E-state index < -0.39 is 0 Å². The molecule has 3 aromatic rings. The van der Waals surface area contributed by atoms with E-state index in [1.807, 2.05) is 30.3 Å². The molecule has 0 atom stereocenters. The normalized spacial score (nSPS) is 10.2. The van der Waals surface area contributed by atoms with Crippen molar-refractivity contribution in [1.29, 1.82) is 0 Å². The zero-order chi connectivity index (χ0) is 19.1. The molecule has 1 aromatic heterocycles. The Hall–Kier alpha value is -2.34. The maximum Gasteiger partial charge on any atom is 0.161 e. The smallest absolute Gasteiger partial charge is 0.161 e. The zero-order valence-electron chi connectivity index (χ0n) is 15.4. The first-order chi connectivity index (χ1) is 13.2. The Morgan fingerprint density at radius 2 is 1.75 bits per heavy atom. The lowest BCUT2D eigenvalue weighted by atomic mass is 10.2. The summed E-state index contributed by atoms with van der Waals surface area (Å²) in [4.78, 5) is 4.02. The van der Waals surface area contributed by atoms with Crippen molar-refractivity contribution >= 4 is 11.6 Å². The van der Waals surface area contributed by atoms with Crippen LogP contribution in [-0.2, 0) is 19.7 Å². The van der Waals surface area contributed by atoms with Gasteiger partial charge in [-0.25, -0.2) is 4.39 Å². The molecular weight excluding hydrogens is 402 g/mol. The lowest BCUT2D eigenvalue weighted by Crippen LogP contribution is -3.00. The number of quaternary nitrogens is 1. The number of rotatable bonds is 8. The van der Waals surface area contributed by atoms with Gasteiger partial charge in [0.05, 0.1) is 12.1 Å². The molecule has 0 bridgehead atoms. The first-order valence-corrected chi connectivity index (χ1v) is 8.98. The van der Waals surface area contributed by atoms with Gasteiger partial charge in [-0.05, 0) is 42.5 Å². The summed E-state index contributed by atoms with van der Waals surface area (Å²) in [6.45, 7) is 1.71. The summed E-state index contributed by atoms with van der Waals surface area (Å²) >= 11 is 6.04. The number of hydrogen-bond donors (Lipinski definition) is 1. The number of methoxy groups -OCH3 is 1. The van der Waals surface area contributed by atoms with Crippen molar-refractivity contribution in [3.05, 3.63) is 88.5 Å². The van der Waals surface area contributed by atoms with E-state index in [-0.39, 0.29) is 24.8 Å². The van der Waals surface area contributed by atoms with Crippen LogP contribution in [0, 0.1) is 5.82 Å². The number of benzene rings is 2. The van der Waals surface area contributed by atoms with E-state index in [9.17, 15) is 4.39 Å². The van der Waals surface area contributed by atoms with Gasteiger partial charge in [0.25, 0.3) is 0 Å². The highest BCUT2D eigenvalue weighted by atomic mass is 35.5. The van der Waals surface area contributed by atoms with Gasteiger partial charge in [-0.15, -0.1) is 0 Å². The van der Waals surface area contributed by atoms with Crippen molar-refractivity contribution in [1.82, 2.24) is 4.98 Å². The predicted octanol–water partition coefficient (Wildman–Crippen LogP) is 0.729. The molecule has 0 saturated carbocycles. The maximum atomic E-state index is 13.9. The minimum atomic E-state index is -0.385. The molecule has 0 amide bonds. The van der Waals surface area contributed by atoms with Gasteiger partial charge in [0.15, 0.2) is 11.5 Å². The molecule has 148 valence electrons. The molecule has 3 rings (SSSR count). The highest BCUT2D eigenvalue weighted by Crippen LogP contribution is 2.30. The van der Waals surface area contributed by atoms with E-state index >= 15 is 0 Å². The van der Waals surface area contributed by atoms with Crippen LogP contribution in [0.15, 0.2) is 60.9 Å². The Balaban J connectivity index is 0.00000280. The predicted molar refractivity (Wildman–Crippen MR) is 102 cm³/mol. The molecule has 0 fully saturated rings. The Kier molecular flexibility index (Phi) is 8.51. The molecule has 0 radical (unpaired) electrons. The highest BCUT2D eigenvalue weighted by Gasteiger charge is 2.11. The average molecular weight is 423 g/mol. The van der Waals surface area contributed by atoms with Crippen molar-refractivity contribution in [3.8, 4) is 11.5 Å². The largest absolute Gasteiger partial charge is 1.00 e. The minimum absolute atomic E-state index is 0. The third-order valence-corrected chi connectivity index (χ3v) is 4.53. The SMILES string of the molecule is COc1cc(C[NH2+]Cc2ccncc2)ccc1OCc1c(F)cccc1Cl.[Cl-]. The third-order valence-electron chi connectivity index (χ3n) is 4.17. The van der Waals surface area contributed by atoms with E-state index in [2.05, 4.69) is 10.3 Å². The summed E-state index contributed by atoms with van der Waals surface area (Å²) in [7, 11) is 1.59. The molecule has 28 heavy (non-hydrogen) atoms. The second kappa shape index (κ2) is 10.9. The van der Waals surface area contributed by atoms with Gasteiger partial charge >= 0.3 is 0 Å². The van der Waals surface area contributed by atoms with Crippen LogP contribution in [0.5, 0.6) is 11.5 Å². The lowest BCUT2D eigenvalue weighted by Gasteiger charge is -2.13.